The molecule has 2 amide bonds. The van der Waals surface area contributed by atoms with Gasteiger partial charge in [-0.3, -0.25) is 9.59 Å². The van der Waals surface area contributed by atoms with Crippen molar-refractivity contribution in [3.05, 3.63) is 24.3 Å². The zero-order chi connectivity index (χ0) is 18.4. The molecule has 3 N–H and O–H groups in total. The Morgan fingerprint density at radius 2 is 1.72 bits per heavy atom. The summed E-state index contributed by atoms with van der Waals surface area (Å²) in [6.07, 6.45) is 3.61. The number of hydrogen-bond donors (Lipinski definition) is 3. The lowest BCUT2D eigenvalue weighted by Gasteiger charge is -2.34. The SMILES string of the molecule is CC(=O)Nc1ccc(SC(C)C(=O)NC2(C(=O)O)CCCCC2)cc1. The second-order valence-electron chi connectivity index (χ2n) is 6.40. The monoisotopic (exact) mass is 364 g/mol. The Balaban J connectivity index is 1.97. The highest BCUT2D eigenvalue weighted by molar-refractivity contribution is 8.00. The average Bonchev–Trinajstić information content (AvgIpc) is 2.56. The summed E-state index contributed by atoms with van der Waals surface area (Å²) in [6, 6.07) is 7.20. The molecule has 136 valence electrons. The van der Waals surface area contributed by atoms with Gasteiger partial charge in [0.2, 0.25) is 11.8 Å². The highest BCUT2D eigenvalue weighted by atomic mass is 32.2. The van der Waals surface area contributed by atoms with Crippen LogP contribution in [0.15, 0.2) is 29.2 Å². The number of nitrogens with one attached hydrogen (secondary N) is 2. The summed E-state index contributed by atoms with van der Waals surface area (Å²) >= 11 is 1.36. The van der Waals surface area contributed by atoms with E-state index in [2.05, 4.69) is 10.6 Å². The highest BCUT2D eigenvalue weighted by Gasteiger charge is 2.41. The zero-order valence-electron chi connectivity index (χ0n) is 14.5. The van der Waals surface area contributed by atoms with Gasteiger partial charge in [-0.2, -0.15) is 0 Å². The molecule has 1 aromatic carbocycles. The van der Waals surface area contributed by atoms with E-state index in [9.17, 15) is 19.5 Å². The normalized spacial score (nSPS) is 17.4. The average molecular weight is 364 g/mol. The van der Waals surface area contributed by atoms with Crippen LogP contribution in [0.25, 0.3) is 0 Å². The van der Waals surface area contributed by atoms with Gasteiger partial charge in [0.05, 0.1) is 5.25 Å². The molecule has 0 bridgehead atoms. The first-order valence-corrected chi connectivity index (χ1v) is 9.30. The predicted molar refractivity (Wildman–Crippen MR) is 97.7 cm³/mol. The minimum atomic E-state index is -1.13. The van der Waals surface area contributed by atoms with Gasteiger partial charge in [-0.1, -0.05) is 19.3 Å². The largest absolute Gasteiger partial charge is 0.480 e. The third-order valence-corrected chi connectivity index (χ3v) is 5.45. The molecule has 1 atom stereocenters. The molecule has 1 aliphatic carbocycles. The van der Waals surface area contributed by atoms with Crippen LogP contribution in [0, 0.1) is 0 Å². The summed E-state index contributed by atoms with van der Waals surface area (Å²) in [5.74, 6) is -1.35. The summed E-state index contributed by atoms with van der Waals surface area (Å²) in [4.78, 5) is 36.0. The summed E-state index contributed by atoms with van der Waals surface area (Å²) in [7, 11) is 0. The number of hydrogen-bond acceptors (Lipinski definition) is 4. The molecular formula is C18H24N2O4S. The topological polar surface area (TPSA) is 95.5 Å². The Bertz CT molecular complexity index is 639. The Kier molecular flexibility index (Phi) is 6.47. The number of rotatable bonds is 6. The number of carboxylic acids is 1. The minimum Gasteiger partial charge on any atom is -0.480 e. The van der Waals surface area contributed by atoms with E-state index in [1.54, 1.807) is 19.1 Å². The van der Waals surface area contributed by atoms with Crippen molar-refractivity contribution >= 4 is 35.2 Å². The number of benzene rings is 1. The molecule has 0 aliphatic heterocycles. The van der Waals surface area contributed by atoms with Crippen LogP contribution in [0.2, 0.25) is 0 Å². The van der Waals surface area contributed by atoms with Gasteiger partial charge in [0.1, 0.15) is 5.54 Å². The van der Waals surface area contributed by atoms with Crippen molar-refractivity contribution in [2.24, 2.45) is 0 Å². The van der Waals surface area contributed by atoms with Crippen molar-refractivity contribution in [1.82, 2.24) is 5.32 Å². The van der Waals surface area contributed by atoms with Crippen LogP contribution in [0.3, 0.4) is 0 Å². The highest BCUT2D eigenvalue weighted by Crippen LogP contribution is 2.30. The second kappa shape index (κ2) is 8.38. The molecule has 0 saturated heterocycles. The predicted octanol–water partition coefficient (Wildman–Crippen LogP) is 3.03. The first-order chi connectivity index (χ1) is 11.8. The molecule has 7 heteroatoms. The molecule has 1 aromatic rings. The van der Waals surface area contributed by atoms with Gasteiger partial charge in [-0.05, 0) is 44.0 Å². The van der Waals surface area contributed by atoms with Crippen LogP contribution in [-0.2, 0) is 14.4 Å². The number of carbonyl (C=O) groups is 3. The van der Waals surface area contributed by atoms with Crippen molar-refractivity contribution < 1.29 is 19.5 Å². The van der Waals surface area contributed by atoms with Crippen molar-refractivity contribution in [2.75, 3.05) is 5.32 Å². The van der Waals surface area contributed by atoms with E-state index in [1.807, 2.05) is 12.1 Å². The lowest BCUT2D eigenvalue weighted by atomic mass is 9.81. The molecular weight excluding hydrogens is 340 g/mol. The molecule has 25 heavy (non-hydrogen) atoms. The van der Waals surface area contributed by atoms with Crippen LogP contribution in [0.5, 0.6) is 0 Å². The smallest absolute Gasteiger partial charge is 0.329 e. The molecule has 0 heterocycles. The number of carboxylic acid groups (broad SMARTS) is 1. The van der Waals surface area contributed by atoms with E-state index in [4.69, 9.17) is 0 Å². The fraction of sp³-hybridized carbons (Fsp3) is 0.500. The van der Waals surface area contributed by atoms with E-state index in [1.165, 1.54) is 18.7 Å². The summed E-state index contributed by atoms with van der Waals surface area (Å²) < 4.78 is 0. The molecule has 0 spiro atoms. The summed E-state index contributed by atoms with van der Waals surface area (Å²) in [5.41, 5.74) is -0.430. The Labute approximate surface area is 151 Å². The standard InChI is InChI=1S/C18H24N2O4S/c1-12(25-15-8-6-14(7-9-15)19-13(2)21)16(22)20-18(17(23)24)10-4-3-5-11-18/h6-9,12H,3-5,10-11H2,1-2H3,(H,19,21)(H,20,22)(H,23,24). The zero-order valence-corrected chi connectivity index (χ0v) is 15.3. The van der Waals surface area contributed by atoms with Gasteiger partial charge < -0.3 is 15.7 Å². The number of thioether (sulfide) groups is 1. The molecule has 1 aliphatic rings. The Morgan fingerprint density at radius 1 is 1.12 bits per heavy atom. The van der Waals surface area contributed by atoms with Gasteiger partial charge in [0.25, 0.3) is 0 Å². The first-order valence-electron chi connectivity index (χ1n) is 8.42. The van der Waals surface area contributed by atoms with Gasteiger partial charge in [-0.25, -0.2) is 4.79 Å². The molecule has 2 rings (SSSR count). The van der Waals surface area contributed by atoms with Gasteiger partial charge in [-0.15, -0.1) is 11.8 Å². The van der Waals surface area contributed by atoms with Crippen LogP contribution in [-0.4, -0.2) is 33.7 Å². The molecule has 1 unspecified atom stereocenters. The molecule has 0 aromatic heterocycles. The fourth-order valence-electron chi connectivity index (χ4n) is 2.96. The van der Waals surface area contributed by atoms with Crippen molar-refractivity contribution in [2.45, 2.75) is 61.6 Å². The number of amides is 2. The van der Waals surface area contributed by atoms with Gasteiger partial charge in [0, 0.05) is 17.5 Å². The minimum absolute atomic E-state index is 0.139. The molecule has 1 fully saturated rings. The maximum absolute atomic E-state index is 12.5. The Hall–Kier alpha value is -2.02. The number of carbonyl (C=O) groups excluding carboxylic acids is 2. The third-order valence-electron chi connectivity index (χ3n) is 4.34. The maximum atomic E-state index is 12.5. The van der Waals surface area contributed by atoms with E-state index in [0.29, 0.717) is 18.5 Å². The fourth-order valence-corrected chi connectivity index (χ4v) is 3.83. The maximum Gasteiger partial charge on any atom is 0.329 e. The lowest BCUT2D eigenvalue weighted by Crippen LogP contribution is -2.57. The molecule has 0 radical (unpaired) electrons. The van der Waals surface area contributed by atoms with E-state index >= 15 is 0 Å². The van der Waals surface area contributed by atoms with Gasteiger partial charge in [0.15, 0.2) is 0 Å². The molecule has 1 saturated carbocycles. The van der Waals surface area contributed by atoms with Crippen molar-refractivity contribution in [3.63, 3.8) is 0 Å². The number of aliphatic carboxylic acids is 1. The summed E-state index contributed by atoms with van der Waals surface area (Å²) in [6.45, 7) is 3.21. The third kappa shape index (κ3) is 5.22. The van der Waals surface area contributed by atoms with Gasteiger partial charge >= 0.3 is 5.97 Å². The quantitative estimate of drug-likeness (QED) is 0.674. The van der Waals surface area contributed by atoms with Crippen LogP contribution in [0.1, 0.15) is 46.0 Å². The van der Waals surface area contributed by atoms with E-state index in [0.717, 1.165) is 24.2 Å². The van der Waals surface area contributed by atoms with Crippen molar-refractivity contribution in [1.29, 1.82) is 0 Å². The first kappa shape index (κ1) is 19.3. The van der Waals surface area contributed by atoms with E-state index in [-0.39, 0.29) is 11.8 Å². The van der Waals surface area contributed by atoms with Crippen LogP contribution < -0.4 is 10.6 Å². The second-order valence-corrected chi connectivity index (χ2v) is 7.82. The Morgan fingerprint density at radius 3 is 2.24 bits per heavy atom. The molecule has 6 nitrogen and oxygen atoms in total. The van der Waals surface area contributed by atoms with Crippen molar-refractivity contribution in [3.8, 4) is 0 Å². The van der Waals surface area contributed by atoms with Crippen LogP contribution in [0.4, 0.5) is 5.69 Å². The lowest BCUT2D eigenvalue weighted by molar-refractivity contribution is -0.149. The van der Waals surface area contributed by atoms with E-state index < -0.39 is 16.8 Å². The number of anilines is 1. The summed E-state index contributed by atoms with van der Waals surface area (Å²) in [5, 5.41) is 14.6. The van der Waals surface area contributed by atoms with Crippen LogP contribution >= 0.6 is 11.8 Å².